The number of nitrogens with one attached hydrogen (secondary N) is 1. The van der Waals surface area contributed by atoms with Gasteiger partial charge in [-0.25, -0.2) is 9.59 Å². The van der Waals surface area contributed by atoms with Crippen LogP contribution in [0.1, 0.15) is 34.7 Å². The molecule has 0 aliphatic rings. The maximum absolute atomic E-state index is 12.0. The lowest BCUT2D eigenvalue weighted by molar-refractivity contribution is 0.0588. The van der Waals surface area contributed by atoms with Crippen molar-refractivity contribution in [2.75, 3.05) is 39.2 Å². The van der Waals surface area contributed by atoms with Gasteiger partial charge < -0.3 is 19.7 Å². The highest BCUT2D eigenvalue weighted by molar-refractivity contribution is 5.93. The molecule has 0 saturated heterocycles. The second-order valence-electron chi connectivity index (χ2n) is 5.71. The Kier molecular flexibility index (Phi) is 7.30. The molecule has 2 aromatic rings. The lowest BCUT2D eigenvalue weighted by Crippen LogP contribution is -2.27. The number of likely N-dealkylation sites (N-methyl/N-ethyl adjacent to an activating group) is 1. The largest absolute Gasteiger partial charge is 0.465 e. The zero-order valence-corrected chi connectivity index (χ0v) is 16.1. The summed E-state index contributed by atoms with van der Waals surface area (Å²) in [5.74, 6) is -0.691. The fraction of sp³-hybridized carbons (Fsp3) is 0.444. The maximum Gasteiger partial charge on any atom is 0.362 e. The van der Waals surface area contributed by atoms with Crippen molar-refractivity contribution in [3.63, 3.8) is 0 Å². The first kappa shape index (κ1) is 20.4. The molecule has 0 amide bonds. The molecule has 0 radical (unpaired) electrons. The summed E-state index contributed by atoms with van der Waals surface area (Å²) in [7, 11) is 2.62. The molecule has 146 valence electrons. The van der Waals surface area contributed by atoms with Gasteiger partial charge in [0.15, 0.2) is 5.82 Å². The van der Waals surface area contributed by atoms with Crippen LogP contribution in [0.4, 0.5) is 11.5 Å². The number of ether oxygens (including phenoxy) is 2. The summed E-state index contributed by atoms with van der Waals surface area (Å²) in [4.78, 5) is 27.3. The smallest absolute Gasteiger partial charge is 0.362 e. The Morgan fingerprint density at radius 1 is 1.04 bits per heavy atom. The molecule has 1 heterocycles. The lowest BCUT2D eigenvalue weighted by atomic mass is 10.2. The van der Waals surface area contributed by atoms with Crippen LogP contribution in [0.5, 0.6) is 0 Å². The minimum atomic E-state index is -0.572. The van der Waals surface area contributed by atoms with E-state index in [2.05, 4.69) is 39.0 Å². The molecule has 0 saturated carbocycles. The van der Waals surface area contributed by atoms with Gasteiger partial charge >= 0.3 is 11.9 Å². The molecular weight excluding hydrogens is 350 g/mol. The van der Waals surface area contributed by atoms with E-state index in [9.17, 15) is 9.59 Å². The van der Waals surface area contributed by atoms with E-state index in [4.69, 9.17) is 4.74 Å². The third kappa shape index (κ3) is 5.27. The molecule has 0 unspecified atom stereocenters. The number of rotatable bonds is 9. The van der Waals surface area contributed by atoms with Crippen molar-refractivity contribution >= 4 is 23.4 Å². The van der Waals surface area contributed by atoms with Crippen molar-refractivity contribution in [1.29, 1.82) is 0 Å². The Balaban J connectivity index is 2.18. The number of esters is 2. The van der Waals surface area contributed by atoms with Gasteiger partial charge in [0, 0.05) is 12.2 Å². The molecule has 0 fully saturated rings. The van der Waals surface area contributed by atoms with Crippen molar-refractivity contribution in [3.8, 4) is 0 Å². The normalized spacial score (nSPS) is 10.7. The molecule has 1 aromatic carbocycles. The van der Waals surface area contributed by atoms with Crippen LogP contribution in [0, 0.1) is 0 Å². The van der Waals surface area contributed by atoms with E-state index in [0.717, 1.165) is 19.6 Å². The second-order valence-corrected chi connectivity index (χ2v) is 5.71. The Labute approximate surface area is 158 Å². The average molecular weight is 375 g/mol. The van der Waals surface area contributed by atoms with E-state index in [0.29, 0.717) is 23.6 Å². The van der Waals surface area contributed by atoms with Gasteiger partial charge in [-0.2, -0.15) is 4.80 Å². The monoisotopic (exact) mass is 375 g/mol. The Bertz CT molecular complexity index is 769. The van der Waals surface area contributed by atoms with Gasteiger partial charge in [-0.3, -0.25) is 0 Å². The highest BCUT2D eigenvalue weighted by atomic mass is 16.5. The third-order valence-corrected chi connectivity index (χ3v) is 4.11. The molecule has 9 nitrogen and oxygen atoms in total. The van der Waals surface area contributed by atoms with E-state index in [-0.39, 0.29) is 5.69 Å². The van der Waals surface area contributed by atoms with Crippen LogP contribution in [-0.4, -0.2) is 65.7 Å². The molecule has 0 aliphatic carbocycles. The number of carbonyl (C=O) groups excluding carboxylic acids is 2. The van der Waals surface area contributed by atoms with E-state index < -0.39 is 11.9 Å². The quantitative estimate of drug-likeness (QED) is 0.664. The summed E-state index contributed by atoms with van der Waals surface area (Å²) >= 11 is 0. The second kappa shape index (κ2) is 9.67. The first-order chi connectivity index (χ1) is 13.0. The number of aromatic nitrogens is 3. The highest BCUT2D eigenvalue weighted by Gasteiger charge is 2.20. The van der Waals surface area contributed by atoms with E-state index in [1.807, 2.05) is 0 Å². The van der Waals surface area contributed by atoms with Gasteiger partial charge in [-0.1, -0.05) is 13.8 Å². The van der Waals surface area contributed by atoms with Crippen LogP contribution in [0.3, 0.4) is 0 Å². The topological polar surface area (TPSA) is 98.6 Å². The van der Waals surface area contributed by atoms with E-state index in [1.165, 1.54) is 19.0 Å². The minimum Gasteiger partial charge on any atom is -0.465 e. The van der Waals surface area contributed by atoms with Crippen LogP contribution >= 0.6 is 0 Å². The molecule has 1 aromatic heterocycles. The number of hydrogen-bond donors (Lipinski definition) is 1. The predicted octanol–water partition coefficient (Wildman–Crippen LogP) is 1.94. The average Bonchev–Trinajstić information content (AvgIpc) is 3.10. The molecular formula is C18H25N5O4. The molecule has 0 atom stereocenters. The Morgan fingerprint density at radius 2 is 1.67 bits per heavy atom. The SMILES string of the molecule is CCN(CC)CCn1nc(Nc2ccc(C(=O)OC)cc2)c(C(=O)OC)n1. The molecule has 0 aliphatic heterocycles. The summed E-state index contributed by atoms with van der Waals surface area (Å²) in [5.41, 5.74) is 1.19. The molecule has 0 bridgehead atoms. The summed E-state index contributed by atoms with van der Waals surface area (Å²) in [6, 6.07) is 6.64. The van der Waals surface area contributed by atoms with Crippen LogP contribution in [0.2, 0.25) is 0 Å². The summed E-state index contributed by atoms with van der Waals surface area (Å²) in [5, 5.41) is 11.7. The zero-order chi connectivity index (χ0) is 19.8. The highest BCUT2D eigenvalue weighted by Crippen LogP contribution is 2.19. The Morgan fingerprint density at radius 3 is 2.22 bits per heavy atom. The lowest BCUT2D eigenvalue weighted by Gasteiger charge is -2.16. The standard InChI is InChI=1S/C18H25N5O4/c1-5-22(6-2)11-12-23-20-15(18(25)27-4)16(21-23)19-14-9-7-13(8-10-14)17(24)26-3/h7-10H,5-6,11-12H2,1-4H3,(H,19,21). The van der Waals surface area contributed by atoms with Crippen LogP contribution in [0.25, 0.3) is 0 Å². The van der Waals surface area contributed by atoms with Crippen molar-refractivity contribution in [2.45, 2.75) is 20.4 Å². The number of hydrogen-bond acceptors (Lipinski definition) is 8. The first-order valence-electron chi connectivity index (χ1n) is 8.73. The van der Waals surface area contributed by atoms with Gasteiger partial charge in [-0.05, 0) is 37.4 Å². The summed E-state index contributed by atoms with van der Waals surface area (Å²) < 4.78 is 9.47. The zero-order valence-electron chi connectivity index (χ0n) is 16.1. The maximum atomic E-state index is 12.0. The minimum absolute atomic E-state index is 0.106. The number of anilines is 2. The number of methoxy groups -OCH3 is 2. The fourth-order valence-corrected chi connectivity index (χ4v) is 2.48. The van der Waals surface area contributed by atoms with Gasteiger partial charge in [-0.15, -0.1) is 10.2 Å². The van der Waals surface area contributed by atoms with Crippen LogP contribution in [0.15, 0.2) is 24.3 Å². The summed E-state index contributed by atoms with van der Waals surface area (Å²) in [6.45, 7) is 7.36. The van der Waals surface area contributed by atoms with Gasteiger partial charge in [0.1, 0.15) is 0 Å². The first-order valence-corrected chi connectivity index (χ1v) is 8.73. The molecule has 0 spiro atoms. The molecule has 9 heteroatoms. The van der Waals surface area contributed by atoms with Crippen LogP contribution < -0.4 is 5.32 Å². The number of benzene rings is 1. The van der Waals surface area contributed by atoms with Gasteiger partial charge in [0.05, 0.1) is 26.3 Å². The number of carbonyl (C=O) groups is 2. The molecule has 2 rings (SSSR count). The van der Waals surface area contributed by atoms with E-state index >= 15 is 0 Å². The van der Waals surface area contributed by atoms with Gasteiger partial charge in [0.2, 0.25) is 5.69 Å². The van der Waals surface area contributed by atoms with E-state index in [1.54, 1.807) is 24.3 Å². The molecule has 27 heavy (non-hydrogen) atoms. The van der Waals surface area contributed by atoms with Crippen molar-refractivity contribution in [2.24, 2.45) is 0 Å². The number of nitrogens with zero attached hydrogens (tertiary/aromatic N) is 4. The van der Waals surface area contributed by atoms with Crippen molar-refractivity contribution in [3.05, 3.63) is 35.5 Å². The molecule has 1 N–H and O–H groups in total. The van der Waals surface area contributed by atoms with Crippen molar-refractivity contribution < 1.29 is 19.1 Å². The fourth-order valence-electron chi connectivity index (χ4n) is 2.48. The third-order valence-electron chi connectivity index (χ3n) is 4.11. The summed E-state index contributed by atoms with van der Waals surface area (Å²) in [6.07, 6.45) is 0. The predicted molar refractivity (Wildman–Crippen MR) is 100 cm³/mol. The van der Waals surface area contributed by atoms with Crippen LogP contribution in [-0.2, 0) is 16.0 Å². The Hall–Kier alpha value is -2.94. The van der Waals surface area contributed by atoms with Gasteiger partial charge in [0.25, 0.3) is 0 Å². The van der Waals surface area contributed by atoms with Crippen molar-refractivity contribution in [1.82, 2.24) is 19.9 Å².